The normalized spacial score (nSPS) is 11.1. The van der Waals surface area contributed by atoms with Crippen molar-refractivity contribution in [1.82, 2.24) is 9.29 Å². The van der Waals surface area contributed by atoms with Crippen molar-refractivity contribution >= 4 is 21.7 Å². The summed E-state index contributed by atoms with van der Waals surface area (Å²) in [6.07, 6.45) is 1.60. The Bertz CT molecular complexity index is 886. The van der Waals surface area contributed by atoms with E-state index in [1.807, 2.05) is 13.0 Å². The summed E-state index contributed by atoms with van der Waals surface area (Å²) in [4.78, 5) is 16.0. The largest absolute Gasteiger partial charge is 0.310 e. The molecule has 1 N–H and O–H groups in total. The zero-order valence-corrected chi connectivity index (χ0v) is 14.0. The number of anilines is 1. The van der Waals surface area contributed by atoms with Gasteiger partial charge in [0.15, 0.2) is 0 Å². The fraction of sp³-hybridized carbons (Fsp3) is 0.188. The molecule has 1 aromatic carbocycles. The molecule has 0 spiro atoms. The molecular weight excluding hydrogens is 328 g/mol. The first-order chi connectivity index (χ1) is 11.3. The molecule has 0 unspecified atom stereocenters. The van der Waals surface area contributed by atoms with Gasteiger partial charge in [0.25, 0.3) is 0 Å². The molecule has 1 heterocycles. The maximum atomic E-state index is 12.5. The van der Waals surface area contributed by atoms with Crippen molar-refractivity contribution in [3.05, 3.63) is 53.7 Å². The van der Waals surface area contributed by atoms with Gasteiger partial charge >= 0.3 is 0 Å². The van der Waals surface area contributed by atoms with Crippen LogP contribution >= 0.6 is 0 Å². The molecule has 0 bridgehead atoms. The fourth-order valence-corrected chi connectivity index (χ4v) is 3.09. The molecule has 24 heavy (non-hydrogen) atoms. The number of pyridine rings is 1. The molecule has 0 saturated carbocycles. The molecule has 0 saturated heterocycles. The third-order valence-corrected chi connectivity index (χ3v) is 5.02. The van der Waals surface area contributed by atoms with Gasteiger partial charge in [0.2, 0.25) is 15.9 Å². The highest BCUT2D eigenvalue weighted by Gasteiger charge is 2.23. The predicted molar refractivity (Wildman–Crippen MR) is 88.6 cm³/mol. The summed E-state index contributed by atoms with van der Waals surface area (Å²) in [5.74, 6) is -0.156. The van der Waals surface area contributed by atoms with Crippen LogP contribution in [0.3, 0.4) is 0 Å². The van der Waals surface area contributed by atoms with Crippen LogP contribution in [0.25, 0.3) is 0 Å². The van der Waals surface area contributed by atoms with Gasteiger partial charge in [0.05, 0.1) is 23.1 Å². The molecule has 124 valence electrons. The Kier molecular flexibility index (Phi) is 5.28. The summed E-state index contributed by atoms with van der Waals surface area (Å²) in [6, 6.07) is 11.0. The molecular formula is C16H16N4O3S. The third-order valence-electron chi connectivity index (χ3n) is 3.22. The van der Waals surface area contributed by atoms with E-state index >= 15 is 0 Å². The molecule has 8 heteroatoms. The van der Waals surface area contributed by atoms with E-state index in [9.17, 15) is 13.2 Å². The third kappa shape index (κ3) is 4.16. The quantitative estimate of drug-likeness (QED) is 0.886. The predicted octanol–water partition coefficient (Wildman–Crippen LogP) is 1.52. The highest BCUT2D eigenvalue weighted by molar-refractivity contribution is 7.89. The van der Waals surface area contributed by atoms with E-state index in [4.69, 9.17) is 5.26 Å². The van der Waals surface area contributed by atoms with E-state index in [1.54, 1.807) is 18.3 Å². The van der Waals surface area contributed by atoms with Gasteiger partial charge in [-0.2, -0.15) is 9.57 Å². The van der Waals surface area contributed by atoms with Gasteiger partial charge in [-0.25, -0.2) is 13.4 Å². The zero-order valence-electron chi connectivity index (χ0n) is 13.2. The van der Waals surface area contributed by atoms with E-state index in [0.717, 1.165) is 9.87 Å². The highest BCUT2D eigenvalue weighted by atomic mass is 32.2. The molecule has 2 aromatic rings. The molecule has 0 aliphatic carbocycles. The zero-order chi connectivity index (χ0) is 17.7. The lowest BCUT2D eigenvalue weighted by atomic mass is 10.2. The minimum absolute atomic E-state index is 0.0367. The maximum absolute atomic E-state index is 12.5. The number of carbonyl (C=O) groups is 1. The lowest BCUT2D eigenvalue weighted by molar-refractivity contribution is -0.116. The monoisotopic (exact) mass is 344 g/mol. The number of hydrogen-bond acceptors (Lipinski definition) is 5. The Morgan fingerprint density at radius 3 is 2.71 bits per heavy atom. The molecule has 2 rings (SSSR count). The van der Waals surface area contributed by atoms with Crippen LogP contribution in [0.2, 0.25) is 0 Å². The van der Waals surface area contributed by atoms with E-state index in [-0.39, 0.29) is 17.0 Å². The van der Waals surface area contributed by atoms with Gasteiger partial charge in [0.1, 0.15) is 5.82 Å². The van der Waals surface area contributed by atoms with E-state index in [0.29, 0.717) is 5.82 Å². The molecule has 0 atom stereocenters. The van der Waals surface area contributed by atoms with Crippen molar-refractivity contribution in [2.45, 2.75) is 11.8 Å². The van der Waals surface area contributed by atoms with Crippen molar-refractivity contribution in [3.63, 3.8) is 0 Å². The Morgan fingerprint density at radius 2 is 2.08 bits per heavy atom. The van der Waals surface area contributed by atoms with Gasteiger partial charge in [-0.05, 0) is 36.8 Å². The average molecular weight is 344 g/mol. The van der Waals surface area contributed by atoms with Crippen LogP contribution in [0.1, 0.15) is 11.1 Å². The standard InChI is InChI=1S/C16H16N4O3S/c1-12-6-7-15(18-10-12)19-16(21)11-20(2)24(22,23)14-5-3-4-13(8-14)9-17/h3-8,10H,11H2,1-2H3,(H,18,19,21). The first-order valence-corrected chi connectivity index (χ1v) is 8.46. The number of sulfonamides is 1. The summed E-state index contributed by atoms with van der Waals surface area (Å²) in [7, 11) is -2.56. The van der Waals surface area contributed by atoms with Crippen LogP contribution in [0.5, 0.6) is 0 Å². The summed E-state index contributed by atoms with van der Waals surface area (Å²) in [5, 5.41) is 11.4. The van der Waals surface area contributed by atoms with Crippen LogP contribution in [-0.4, -0.2) is 37.2 Å². The number of aromatic nitrogens is 1. The SMILES string of the molecule is Cc1ccc(NC(=O)CN(C)S(=O)(=O)c2cccc(C#N)c2)nc1. The smallest absolute Gasteiger partial charge is 0.243 e. The van der Waals surface area contributed by atoms with E-state index in [2.05, 4.69) is 10.3 Å². The second-order valence-corrected chi connectivity index (χ2v) is 7.21. The van der Waals surface area contributed by atoms with Crippen LogP contribution in [0.15, 0.2) is 47.5 Å². The van der Waals surface area contributed by atoms with Gasteiger partial charge < -0.3 is 5.32 Å². The lowest BCUT2D eigenvalue weighted by Gasteiger charge is -2.16. The highest BCUT2D eigenvalue weighted by Crippen LogP contribution is 2.15. The Morgan fingerprint density at radius 1 is 1.33 bits per heavy atom. The van der Waals surface area contributed by atoms with Gasteiger partial charge in [-0.15, -0.1) is 0 Å². The molecule has 0 fully saturated rings. The number of aryl methyl sites for hydroxylation is 1. The molecule has 1 amide bonds. The number of benzene rings is 1. The van der Waals surface area contributed by atoms with Crippen LogP contribution < -0.4 is 5.32 Å². The lowest BCUT2D eigenvalue weighted by Crippen LogP contribution is -2.35. The molecule has 7 nitrogen and oxygen atoms in total. The minimum Gasteiger partial charge on any atom is -0.310 e. The number of likely N-dealkylation sites (N-methyl/N-ethyl adjacent to an activating group) is 1. The van der Waals surface area contributed by atoms with Crippen molar-refractivity contribution in [2.24, 2.45) is 0 Å². The van der Waals surface area contributed by atoms with Crippen LogP contribution in [-0.2, 0) is 14.8 Å². The summed E-state index contributed by atoms with van der Waals surface area (Å²) >= 11 is 0. The molecule has 0 aliphatic rings. The van der Waals surface area contributed by atoms with Crippen molar-refractivity contribution < 1.29 is 13.2 Å². The maximum Gasteiger partial charge on any atom is 0.243 e. The average Bonchev–Trinajstić information content (AvgIpc) is 2.56. The van der Waals surface area contributed by atoms with Crippen LogP contribution in [0, 0.1) is 18.3 Å². The van der Waals surface area contributed by atoms with Crippen LogP contribution in [0.4, 0.5) is 5.82 Å². The molecule has 1 aromatic heterocycles. The second kappa shape index (κ2) is 7.21. The minimum atomic E-state index is -3.86. The first-order valence-electron chi connectivity index (χ1n) is 7.02. The summed E-state index contributed by atoms with van der Waals surface area (Å²) in [6.45, 7) is 1.50. The van der Waals surface area contributed by atoms with E-state index < -0.39 is 15.9 Å². The molecule has 0 aliphatic heterocycles. The first kappa shape index (κ1) is 17.6. The fourth-order valence-electron chi connectivity index (χ4n) is 1.92. The number of nitrogens with zero attached hydrogens (tertiary/aromatic N) is 3. The summed E-state index contributed by atoms with van der Waals surface area (Å²) < 4.78 is 25.8. The molecule has 0 radical (unpaired) electrons. The van der Waals surface area contributed by atoms with Crippen molar-refractivity contribution in [3.8, 4) is 6.07 Å². The van der Waals surface area contributed by atoms with E-state index in [1.165, 1.54) is 31.3 Å². The van der Waals surface area contributed by atoms with Crippen molar-refractivity contribution in [2.75, 3.05) is 18.9 Å². The number of carbonyl (C=O) groups excluding carboxylic acids is 1. The number of nitriles is 1. The Labute approximate surface area is 140 Å². The van der Waals surface area contributed by atoms with Gasteiger partial charge in [-0.1, -0.05) is 12.1 Å². The Balaban J connectivity index is 2.09. The van der Waals surface area contributed by atoms with Crippen molar-refractivity contribution in [1.29, 1.82) is 5.26 Å². The number of rotatable bonds is 5. The topological polar surface area (TPSA) is 103 Å². The summed E-state index contributed by atoms with van der Waals surface area (Å²) in [5.41, 5.74) is 1.18. The van der Waals surface area contributed by atoms with Gasteiger partial charge in [-0.3, -0.25) is 4.79 Å². The van der Waals surface area contributed by atoms with Gasteiger partial charge in [0, 0.05) is 13.2 Å². The Hall–Kier alpha value is -2.76. The number of hydrogen-bond donors (Lipinski definition) is 1. The second-order valence-electron chi connectivity index (χ2n) is 5.17. The number of amides is 1. The number of nitrogens with one attached hydrogen (secondary N) is 1.